The molecule has 1 atom stereocenters. The zero-order valence-electron chi connectivity index (χ0n) is 14.5. The van der Waals surface area contributed by atoms with Gasteiger partial charge in [-0.15, -0.1) is 0 Å². The fourth-order valence-corrected chi connectivity index (χ4v) is 3.20. The van der Waals surface area contributed by atoms with Crippen LogP contribution in [0.3, 0.4) is 0 Å². The number of nitrogens with zero attached hydrogens (tertiary/aromatic N) is 2. The van der Waals surface area contributed by atoms with Gasteiger partial charge < -0.3 is 14.0 Å². The van der Waals surface area contributed by atoms with Crippen molar-refractivity contribution in [3.05, 3.63) is 48.0 Å². The van der Waals surface area contributed by atoms with Crippen LogP contribution < -0.4 is 4.74 Å². The zero-order chi connectivity index (χ0) is 18.1. The summed E-state index contributed by atoms with van der Waals surface area (Å²) in [5.41, 5.74) is 3.26. The number of esters is 1. The van der Waals surface area contributed by atoms with Crippen molar-refractivity contribution in [3.8, 4) is 17.0 Å². The van der Waals surface area contributed by atoms with E-state index in [0.717, 1.165) is 27.7 Å². The zero-order valence-corrected chi connectivity index (χ0v) is 14.5. The average Bonchev–Trinajstić information content (AvgIpc) is 2.91. The van der Waals surface area contributed by atoms with E-state index in [1.807, 2.05) is 17.6 Å². The monoisotopic (exact) mass is 342 g/mol. The Bertz CT molecular complexity index is 932. The summed E-state index contributed by atoms with van der Waals surface area (Å²) in [6.45, 7) is 3.66. The third-order valence-electron chi connectivity index (χ3n) is 4.37. The molecule has 130 valence electrons. The fraction of sp³-hybridized carbons (Fsp3) is 0.263. The van der Waals surface area contributed by atoms with Gasteiger partial charge in [0, 0.05) is 40.0 Å². The first-order chi connectivity index (χ1) is 12.0. The lowest BCUT2D eigenvalue weighted by Gasteiger charge is -2.15. The number of benzene rings is 1. The molecule has 3 rings (SSSR count). The maximum Gasteiger partial charge on any atom is 0.328 e. The van der Waals surface area contributed by atoms with Crippen LogP contribution in [0.4, 0.5) is 4.39 Å². The Kier molecular flexibility index (Phi) is 4.44. The van der Waals surface area contributed by atoms with Gasteiger partial charge in [-0.1, -0.05) is 0 Å². The summed E-state index contributed by atoms with van der Waals surface area (Å²) < 4.78 is 25.7. The predicted molar refractivity (Wildman–Crippen MR) is 93.1 cm³/mol. The van der Waals surface area contributed by atoms with Crippen LogP contribution in [0, 0.1) is 12.7 Å². The van der Waals surface area contributed by atoms with Crippen molar-refractivity contribution in [2.24, 2.45) is 0 Å². The highest BCUT2D eigenvalue weighted by Gasteiger charge is 2.24. The molecule has 25 heavy (non-hydrogen) atoms. The molecule has 0 saturated carbocycles. The van der Waals surface area contributed by atoms with E-state index in [2.05, 4.69) is 4.98 Å². The van der Waals surface area contributed by atoms with E-state index in [0.29, 0.717) is 5.88 Å². The number of carbonyl (C=O) groups excluding carboxylic acids is 1. The summed E-state index contributed by atoms with van der Waals surface area (Å²) >= 11 is 0. The molecule has 3 aromatic rings. The molecule has 6 heteroatoms. The van der Waals surface area contributed by atoms with E-state index >= 15 is 0 Å². The number of rotatable bonds is 4. The minimum atomic E-state index is -0.530. The van der Waals surface area contributed by atoms with E-state index in [4.69, 9.17) is 9.47 Å². The Morgan fingerprint density at radius 3 is 2.60 bits per heavy atom. The summed E-state index contributed by atoms with van der Waals surface area (Å²) in [7, 11) is 2.90. The third kappa shape index (κ3) is 2.84. The van der Waals surface area contributed by atoms with Crippen molar-refractivity contribution in [1.29, 1.82) is 0 Å². The van der Waals surface area contributed by atoms with Crippen LogP contribution >= 0.6 is 0 Å². The van der Waals surface area contributed by atoms with E-state index in [9.17, 15) is 9.18 Å². The molecule has 0 radical (unpaired) electrons. The summed E-state index contributed by atoms with van der Waals surface area (Å²) in [4.78, 5) is 16.3. The smallest absolute Gasteiger partial charge is 0.328 e. The van der Waals surface area contributed by atoms with Crippen molar-refractivity contribution in [3.63, 3.8) is 0 Å². The van der Waals surface area contributed by atoms with Gasteiger partial charge in [-0.3, -0.25) is 0 Å². The molecule has 2 heterocycles. The Morgan fingerprint density at radius 2 is 2.00 bits per heavy atom. The van der Waals surface area contributed by atoms with Gasteiger partial charge in [0.1, 0.15) is 11.9 Å². The highest BCUT2D eigenvalue weighted by atomic mass is 19.1. The summed E-state index contributed by atoms with van der Waals surface area (Å²) in [5, 5.41) is 0.722. The third-order valence-corrected chi connectivity index (χ3v) is 4.37. The van der Waals surface area contributed by atoms with Gasteiger partial charge in [0.25, 0.3) is 0 Å². The fourth-order valence-electron chi connectivity index (χ4n) is 3.20. The molecule has 0 saturated heterocycles. The number of hydrogen-bond acceptors (Lipinski definition) is 4. The maximum absolute atomic E-state index is 13.9. The summed E-state index contributed by atoms with van der Waals surface area (Å²) in [6, 6.07) is 7.63. The SMILES string of the molecule is COC(=O)C(C)n1c(C)c(-c2ccc(OC)nc2)c2cc(F)ccc21. The second-order valence-electron chi connectivity index (χ2n) is 5.78. The van der Waals surface area contributed by atoms with Crippen LogP contribution in [0.5, 0.6) is 5.88 Å². The second kappa shape index (κ2) is 6.55. The normalized spacial score (nSPS) is 12.2. The molecule has 0 spiro atoms. The van der Waals surface area contributed by atoms with Crippen LogP contribution in [-0.4, -0.2) is 29.7 Å². The Morgan fingerprint density at radius 1 is 1.24 bits per heavy atom. The molecular formula is C19H19FN2O3. The number of fused-ring (bicyclic) bond motifs is 1. The highest BCUT2D eigenvalue weighted by Crippen LogP contribution is 2.37. The number of pyridine rings is 1. The van der Waals surface area contributed by atoms with E-state index < -0.39 is 6.04 Å². The van der Waals surface area contributed by atoms with E-state index in [1.165, 1.54) is 19.2 Å². The maximum atomic E-state index is 13.9. The molecular weight excluding hydrogens is 323 g/mol. The molecule has 1 unspecified atom stereocenters. The van der Waals surface area contributed by atoms with Crippen molar-refractivity contribution < 1.29 is 18.7 Å². The molecule has 0 aliphatic rings. The number of carbonyl (C=O) groups is 1. The van der Waals surface area contributed by atoms with Gasteiger partial charge in [0.15, 0.2) is 0 Å². The van der Waals surface area contributed by atoms with Gasteiger partial charge in [-0.25, -0.2) is 14.2 Å². The summed E-state index contributed by atoms with van der Waals surface area (Å²) in [5.74, 6) is -0.193. The van der Waals surface area contributed by atoms with E-state index in [-0.39, 0.29) is 11.8 Å². The number of ether oxygens (including phenoxy) is 2. The number of methoxy groups -OCH3 is 2. The Balaban J connectivity index is 2.29. The highest BCUT2D eigenvalue weighted by molar-refractivity contribution is 5.99. The first kappa shape index (κ1) is 17.0. The molecule has 0 aliphatic carbocycles. The molecule has 5 nitrogen and oxygen atoms in total. The number of halogens is 1. The minimum absolute atomic E-state index is 0.335. The molecule has 0 bridgehead atoms. The Hall–Kier alpha value is -2.89. The van der Waals surface area contributed by atoms with Crippen molar-refractivity contribution in [2.75, 3.05) is 14.2 Å². The van der Waals surface area contributed by atoms with Crippen molar-refractivity contribution >= 4 is 16.9 Å². The lowest BCUT2D eigenvalue weighted by molar-refractivity contribution is -0.143. The molecule has 0 amide bonds. The quantitative estimate of drug-likeness (QED) is 0.675. The average molecular weight is 342 g/mol. The van der Waals surface area contributed by atoms with Gasteiger partial charge in [0.2, 0.25) is 5.88 Å². The lowest BCUT2D eigenvalue weighted by atomic mass is 10.0. The first-order valence-corrected chi connectivity index (χ1v) is 7.86. The predicted octanol–water partition coefficient (Wildman–Crippen LogP) is 3.89. The number of aromatic nitrogens is 2. The van der Waals surface area contributed by atoms with Crippen LogP contribution in [-0.2, 0) is 9.53 Å². The van der Waals surface area contributed by atoms with Crippen molar-refractivity contribution in [2.45, 2.75) is 19.9 Å². The molecule has 0 aliphatic heterocycles. The molecule has 1 aromatic carbocycles. The largest absolute Gasteiger partial charge is 0.481 e. The molecule has 0 fully saturated rings. The lowest BCUT2D eigenvalue weighted by Crippen LogP contribution is -2.18. The van der Waals surface area contributed by atoms with Gasteiger partial charge in [0.05, 0.1) is 14.2 Å². The van der Waals surface area contributed by atoms with Gasteiger partial charge in [-0.2, -0.15) is 0 Å². The molecule has 2 aromatic heterocycles. The Labute approximate surface area is 145 Å². The number of hydrogen-bond donors (Lipinski definition) is 0. The van der Waals surface area contributed by atoms with Crippen LogP contribution in [0.25, 0.3) is 22.0 Å². The van der Waals surface area contributed by atoms with Crippen LogP contribution in [0.2, 0.25) is 0 Å². The first-order valence-electron chi connectivity index (χ1n) is 7.86. The van der Waals surface area contributed by atoms with Crippen LogP contribution in [0.1, 0.15) is 18.7 Å². The van der Waals surface area contributed by atoms with Crippen molar-refractivity contribution in [1.82, 2.24) is 9.55 Å². The topological polar surface area (TPSA) is 53.4 Å². The van der Waals surface area contributed by atoms with Gasteiger partial charge in [-0.05, 0) is 38.1 Å². The standard InChI is InChI=1S/C19H19FN2O3/c1-11-18(13-5-8-17(24-3)21-10-13)15-9-14(20)6-7-16(15)22(11)12(2)19(23)25-4/h5-10,12H,1-4H3. The van der Waals surface area contributed by atoms with Crippen LogP contribution in [0.15, 0.2) is 36.5 Å². The summed E-state index contributed by atoms with van der Waals surface area (Å²) in [6.07, 6.45) is 1.68. The second-order valence-corrected chi connectivity index (χ2v) is 5.78. The van der Waals surface area contributed by atoms with E-state index in [1.54, 1.807) is 32.4 Å². The minimum Gasteiger partial charge on any atom is -0.481 e. The molecule has 0 N–H and O–H groups in total. The van der Waals surface area contributed by atoms with Gasteiger partial charge >= 0.3 is 5.97 Å².